The smallest absolute Gasteiger partial charge is 0.301 e. The van der Waals surface area contributed by atoms with Crippen molar-refractivity contribution < 1.29 is 4.92 Å². The monoisotopic (exact) mass is 282 g/mol. The van der Waals surface area contributed by atoms with E-state index >= 15 is 0 Å². The van der Waals surface area contributed by atoms with Crippen molar-refractivity contribution in [3.05, 3.63) is 42.2 Å². The first kappa shape index (κ1) is 13.5. The molecule has 2 aromatic heterocycles. The lowest BCUT2D eigenvalue weighted by molar-refractivity contribution is -0.386. The molecule has 19 heavy (non-hydrogen) atoms. The fraction of sp³-hybridized carbons (Fsp3) is 0.455. The number of aromatic nitrogens is 3. The zero-order valence-corrected chi connectivity index (χ0v) is 11.7. The van der Waals surface area contributed by atoms with Gasteiger partial charge in [-0.15, -0.1) is 0 Å². The minimum Gasteiger partial charge on any atom is -0.301 e. The summed E-state index contributed by atoms with van der Waals surface area (Å²) in [5.41, 5.74) is 1.86. The molecule has 0 amide bonds. The SMILES string of the molecule is Cc1nn(CCn2c(C)csc2=O)c(C)c1[N+](=O)[O-]. The molecule has 0 unspecified atom stereocenters. The second-order valence-electron chi connectivity index (χ2n) is 4.29. The predicted octanol–water partition coefficient (Wildman–Crippen LogP) is 1.64. The van der Waals surface area contributed by atoms with Gasteiger partial charge in [0.15, 0.2) is 0 Å². The van der Waals surface area contributed by atoms with Crippen molar-refractivity contribution in [1.29, 1.82) is 0 Å². The quantitative estimate of drug-likeness (QED) is 0.630. The first-order valence-electron chi connectivity index (χ1n) is 5.75. The van der Waals surface area contributed by atoms with Gasteiger partial charge in [0.2, 0.25) is 0 Å². The van der Waals surface area contributed by atoms with Crippen molar-refractivity contribution in [3.63, 3.8) is 0 Å². The third-order valence-electron chi connectivity index (χ3n) is 3.04. The number of hydrogen-bond donors (Lipinski definition) is 0. The summed E-state index contributed by atoms with van der Waals surface area (Å²) in [7, 11) is 0. The highest BCUT2D eigenvalue weighted by Gasteiger charge is 2.21. The molecule has 0 saturated carbocycles. The van der Waals surface area contributed by atoms with Gasteiger partial charge in [-0.3, -0.25) is 19.6 Å². The van der Waals surface area contributed by atoms with Crippen LogP contribution in [0.1, 0.15) is 17.1 Å². The van der Waals surface area contributed by atoms with Crippen LogP contribution in [-0.2, 0) is 13.1 Å². The zero-order chi connectivity index (χ0) is 14.2. The third-order valence-corrected chi connectivity index (χ3v) is 3.92. The standard InChI is InChI=1S/C11H14N4O3S/c1-7-6-19-11(16)13(7)4-5-14-9(3)10(15(17)18)8(2)12-14/h6H,4-5H2,1-3H3. The fourth-order valence-corrected chi connectivity index (χ4v) is 2.80. The largest absolute Gasteiger partial charge is 0.312 e. The average Bonchev–Trinajstić information content (AvgIpc) is 2.78. The third kappa shape index (κ3) is 2.43. The van der Waals surface area contributed by atoms with Gasteiger partial charge in [0, 0.05) is 17.6 Å². The van der Waals surface area contributed by atoms with Gasteiger partial charge < -0.3 is 4.57 Å². The summed E-state index contributed by atoms with van der Waals surface area (Å²) in [6, 6.07) is 0. The minimum absolute atomic E-state index is 0.0199. The molecule has 2 rings (SSSR count). The van der Waals surface area contributed by atoms with E-state index in [0.717, 1.165) is 17.0 Å². The molecule has 102 valence electrons. The summed E-state index contributed by atoms with van der Waals surface area (Å²) in [4.78, 5) is 22.0. The van der Waals surface area contributed by atoms with Gasteiger partial charge in [0.05, 0.1) is 11.5 Å². The molecule has 0 bridgehead atoms. The lowest BCUT2D eigenvalue weighted by atomic mass is 10.3. The van der Waals surface area contributed by atoms with Crippen molar-refractivity contribution in [2.75, 3.05) is 0 Å². The lowest BCUT2D eigenvalue weighted by Gasteiger charge is -2.05. The number of thiazole rings is 1. The van der Waals surface area contributed by atoms with Crippen molar-refractivity contribution in [2.24, 2.45) is 0 Å². The Kier molecular flexibility index (Phi) is 3.52. The topological polar surface area (TPSA) is 83.0 Å². The molecule has 0 N–H and O–H groups in total. The van der Waals surface area contributed by atoms with Crippen molar-refractivity contribution in [1.82, 2.24) is 14.3 Å². The highest BCUT2D eigenvalue weighted by atomic mass is 32.1. The number of rotatable bonds is 4. The van der Waals surface area contributed by atoms with E-state index in [1.807, 2.05) is 6.92 Å². The number of nitro groups is 1. The van der Waals surface area contributed by atoms with Gasteiger partial charge in [0.1, 0.15) is 11.4 Å². The van der Waals surface area contributed by atoms with E-state index in [1.165, 1.54) is 0 Å². The number of hydrogen-bond acceptors (Lipinski definition) is 5. The molecule has 0 spiro atoms. The normalized spacial score (nSPS) is 10.9. The second kappa shape index (κ2) is 4.96. The molecule has 0 atom stereocenters. The summed E-state index contributed by atoms with van der Waals surface area (Å²) >= 11 is 1.15. The van der Waals surface area contributed by atoms with Crippen molar-refractivity contribution >= 4 is 17.0 Å². The molecule has 0 saturated heterocycles. The molecule has 0 aliphatic heterocycles. The Morgan fingerprint density at radius 1 is 1.37 bits per heavy atom. The molecular formula is C11H14N4O3S. The van der Waals surface area contributed by atoms with E-state index in [0.29, 0.717) is 24.5 Å². The second-order valence-corrected chi connectivity index (χ2v) is 5.11. The first-order valence-corrected chi connectivity index (χ1v) is 6.63. The Morgan fingerprint density at radius 2 is 2.05 bits per heavy atom. The van der Waals surface area contributed by atoms with Crippen molar-refractivity contribution in [2.45, 2.75) is 33.9 Å². The summed E-state index contributed by atoms with van der Waals surface area (Å²) in [5, 5.41) is 16.8. The molecule has 0 aliphatic carbocycles. The summed E-state index contributed by atoms with van der Waals surface area (Å²) in [6.07, 6.45) is 0. The highest BCUT2D eigenvalue weighted by molar-refractivity contribution is 7.07. The van der Waals surface area contributed by atoms with E-state index in [9.17, 15) is 14.9 Å². The maximum absolute atomic E-state index is 11.6. The van der Waals surface area contributed by atoms with Crippen LogP contribution in [0, 0.1) is 30.9 Å². The van der Waals surface area contributed by atoms with E-state index in [2.05, 4.69) is 5.10 Å². The number of nitrogens with zero attached hydrogens (tertiary/aromatic N) is 4. The van der Waals surface area contributed by atoms with Crippen LogP contribution in [0.25, 0.3) is 0 Å². The Labute approximate surface area is 113 Å². The summed E-state index contributed by atoms with van der Waals surface area (Å²) < 4.78 is 3.23. The van der Waals surface area contributed by atoms with Crippen molar-refractivity contribution in [3.8, 4) is 0 Å². The Morgan fingerprint density at radius 3 is 2.53 bits per heavy atom. The summed E-state index contributed by atoms with van der Waals surface area (Å²) in [6.45, 7) is 6.05. The zero-order valence-electron chi connectivity index (χ0n) is 10.9. The molecule has 8 heteroatoms. The van der Waals surface area contributed by atoms with E-state index in [4.69, 9.17) is 0 Å². The molecular weight excluding hydrogens is 268 g/mol. The average molecular weight is 282 g/mol. The lowest BCUT2D eigenvalue weighted by Crippen LogP contribution is -2.19. The summed E-state index contributed by atoms with van der Waals surface area (Å²) in [5.74, 6) is 0. The molecule has 0 aliphatic rings. The maximum atomic E-state index is 11.6. The first-order chi connectivity index (χ1) is 8.91. The van der Waals surface area contributed by atoms with Gasteiger partial charge in [-0.2, -0.15) is 5.10 Å². The van der Waals surface area contributed by atoms with Gasteiger partial charge in [-0.05, 0) is 20.8 Å². The molecule has 0 radical (unpaired) electrons. The van der Waals surface area contributed by atoms with Crippen LogP contribution in [0.4, 0.5) is 5.69 Å². The molecule has 0 aromatic carbocycles. The Hall–Kier alpha value is -1.96. The van der Waals surface area contributed by atoms with Gasteiger partial charge in [-0.25, -0.2) is 0 Å². The molecule has 0 fully saturated rings. The van der Waals surface area contributed by atoms with Gasteiger partial charge in [0.25, 0.3) is 0 Å². The highest BCUT2D eigenvalue weighted by Crippen LogP contribution is 2.21. The number of aryl methyl sites for hydroxylation is 3. The van der Waals surface area contributed by atoms with Crippen LogP contribution in [0.3, 0.4) is 0 Å². The fourth-order valence-electron chi connectivity index (χ4n) is 2.04. The minimum atomic E-state index is -0.420. The van der Waals surface area contributed by atoms with Crippen LogP contribution in [0.15, 0.2) is 10.2 Å². The van der Waals surface area contributed by atoms with E-state index < -0.39 is 4.92 Å². The van der Waals surface area contributed by atoms with Crippen LogP contribution < -0.4 is 4.87 Å². The van der Waals surface area contributed by atoms with Crippen LogP contribution >= 0.6 is 11.3 Å². The van der Waals surface area contributed by atoms with E-state index in [-0.39, 0.29) is 10.6 Å². The Balaban J connectivity index is 2.24. The van der Waals surface area contributed by atoms with Crippen LogP contribution in [0.2, 0.25) is 0 Å². The van der Waals surface area contributed by atoms with Crippen LogP contribution in [0.5, 0.6) is 0 Å². The molecule has 2 heterocycles. The van der Waals surface area contributed by atoms with Gasteiger partial charge in [-0.1, -0.05) is 11.3 Å². The molecule has 2 aromatic rings. The predicted molar refractivity (Wildman–Crippen MR) is 71.7 cm³/mol. The van der Waals surface area contributed by atoms with Gasteiger partial charge >= 0.3 is 10.6 Å². The van der Waals surface area contributed by atoms with Crippen LogP contribution in [-0.4, -0.2) is 19.3 Å². The maximum Gasteiger partial charge on any atom is 0.312 e. The molecule has 7 nitrogen and oxygen atoms in total. The van der Waals surface area contributed by atoms with E-state index in [1.54, 1.807) is 28.5 Å². The Bertz CT molecular complexity index is 683.